The lowest BCUT2D eigenvalue weighted by atomic mass is 9.94. The molecule has 0 saturated carbocycles. The second-order valence-electron chi connectivity index (χ2n) is 8.56. The molecule has 0 atom stereocenters. The van der Waals surface area contributed by atoms with Gasteiger partial charge in [-0.3, -0.25) is 9.79 Å². The quantitative estimate of drug-likeness (QED) is 0.517. The lowest BCUT2D eigenvalue weighted by Crippen LogP contribution is -2.38. The van der Waals surface area contributed by atoms with Crippen molar-refractivity contribution in [3.8, 4) is 0 Å². The van der Waals surface area contributed by atoms with E-state index in [1.165, 1.54) is 11.3 Å². The average Bonchev–Trinajstić information content (AvgIpc) is 3.18. The van der Waals surface area contributed by atoms with E-state index < -0.39 is 15.8 Å². The van der Waals surface area contributed by atoms with Gasteiger partial charge in [-0.15, -0.1) is 11.3 Å². The summed E-state index contributed by atoms with van der Waals surface area (Å²) in [6.07, 6.45) is 1.14. The van der Waals surface area contributed by atoms with Crippen LogP contribution >= 0.6 is 22.9 Å². The van der Waals surface area contributed by atoms with E-state index >= 15 is 0 Å². The minimum atomic E-state index is -3.63. The molecule has 1 aliphatic rings. The molecule has 1 fully saturated rings. The van der Waals surface area contributed by atoms with Crippen molar-refractivity contribution in [3.05, 3.63) is 56.8 Å². The van der Waals surface area contributed by atoms with E-state index in [1.54, 1.807) is 60.0 Å². The Labute approximate surface area is 212 Å². The van der Waals surface area contributed by atoms with Gasteiger partial charge in [0.1, 0.15) is 5.69 Å². The summed E-state index contributed by atoms with van der Waals surface area (Å²) < 4.78 is 27.3. The van der Waals surface area contributed by atoms with E-state index in [0.29, 0.717) is 35.8 Å². The number of fused-ring (bicyclic) bond motifs is 1. The van der Waals surface area contributed by atoms with Crippen LogP contribution in [0.25, 0.3) is 10.8 Å². The number of hydrogen-bond acceptors (Lipinski definition) is 6. The Kier molecular flexibility index (Phi) is 7.35. The highest BCUT2D eigenvalue weighted by Crippen LogP contribution is 2.33. The number of carbonyl (C=O) groups excluding carboxylic acids is 1. The minimum absolute atomic E-state index is 0.0201. The predicted molar refractivity (Wildman–Crippen MR) is 136 cm³/mol. The maximum absolute atomic E-state index is 12.9. The summed E-state index contributed by atoms with van der Waals surface area (Å²) in [6.45, 7) is 0.916. The van der Waals surface area contributed by atoms with Crippen LogP contribution < -0.4 is 4.80 Å². The summed E-state index contributed by atoms with van der Waals surface area (Å²) in [4.78, 5) is 32.0. The zero-order chi connectivity index (χ0) is 25.3. The molecule has 0 aliphatic carbocycles. The number of piperidine rings is 1. The van der Waals surface area contributed by atoms with Crippen LogP contribution in [0.3, 0.4) is 0 Å². The van der Waals surface area contributed by atoms with Crippen molar-refractivity contribution in [2.75, 3.05) is 25.9 Å². The summed E-state index contributed by atoms with van der Waals surface area (Å²) in [5, 5.41) is 11.8. The number of nitrogens with zero attached hydrogens (tertiary/aromatic N) is 3. The lowest BCUT2D eigenvalue weighted by Gasteiger charge is -2.31. The highest BCUT2D eigenvalue weighted by molar-refractivity contribution is 7.91. The Morgan fingerprint density at radius 2 is 1.80 bits per heavy atom. The lowest BCUT2D eigenvalue weighted by molar-refractivity contribution is -0.131. The first-order valence-corrected chi connectivity index (χ1v) is 14.0. The Hall–Kier alpha value is -2.69. The van der Waals surface area contributed by atoms with Gasteiger partial charge in [0.05, 0.1) is 10.6 Å². The van der Waals surface area contributed by atoms with E-state index in [9.17, 15) is 23.1 Å². The van der Waals surface area contributed by atoms with Crippen molar-refractivity contribution in [1.82, 2.24) is 9.47 Å². The van der Waals surface area contributed by atoms with Gasteiger partial charge < -0.3 is 14.6 Å². The fraction of sp³-hybridized carbons (Fsp3) is 0.375. The van der Waals surface area contributed by atoms with Crippen molar-refractivity contribution in [2.24, 2.45) is 12.0 Å². The normalized spacial score (nSPS) is 15.6. The van der Waals surface area contributed by atoms with Gasteiger partial charge in [-0.05, 0) is 53.8 Å². The number of hydrogen-bond donors (Lipinski definition) is 1. The zero-order valence-corrected chi connectivity index (χ0v) is 21.8. The monoisotopic (exact) mass is 535 g/mol. The van der Waals surface area contributed by atoms with Crippen LogP contribution in [0.1, 0.15) is 40.5 Å². The van der Waals surface area contributed by atoms with Crippen molar-refractivity contribution < 1.29 is 23.1 Å². The van der Waals surface area contributed by atoms with Crippen molar-refractivity contribution >= 4 is 55.4 Å². The third-order valence-electron chi connectivity index (χ3n) is 6.39. The first-order chi connectivity index (χ1) is 16.6. The summed E-state index contributed by atoms with van der Waals surface area (Å²) in [5.41, 5.74) is 0.240. The number of carboxylic acids is 1. The molecule has 2 heterocycles. The number of benzene rings is 2. The van der Waals surface area contributed by atoms with Crippen LogP contribution in [-0.2, 0) is 21.7 Å². The minimum Gasteiger partial charge on any atom is -0.477 e. The number of aromatic nitrogens is 1. The molecule has 0 spiro atoms. The summed E-state index contributed by atoms with van der Waals surface area (Å²) in [7, 11) is -0.308. The van der Waals surface area contributed by atoms with Gasteiger partial charge in [-0.25, -0.2) is 13.2 Å². The van der Waals surface area contributed by atoms with Crippen LogP contribution in [0.15, 0.2) is 46.3 Å². The fourth-order valence-corrected chi connectivity index (χ4v) is 7.16. The molecule has 1 saturated heterocycles. The largest absolute Gasteiger partial charge is 0.477 e. The third-order valence-corrected chi connectivity index (χ3v) is 9.72. The Morgan fingerprint density at radius 3 is 2.46 bits per heavy atom. The molecule has 11 heteroatoms. The molecule has 1 aliphatic heterocycles. The van der Waals surface area contributed by atoms with Gasteiger partial charge in [0.2, 0.25) is 5.91 Å². The van der Waals surface area contributed by atoms with Crippen LogP contribution in [0, 0.1) is 0 Å². The number of rotatable bonds is 6. The topological polar surface area (TPSA) is 109 Å². The fourth-order valence-electron chi connectivity index (χ4n) is 4.47. The van der Waals surface area contributed by atoms with E-state index in [-0.39, 0.29) is 34.6 Å². The van der Waals surface area contributed by atoms with E-state index in [4.69, 9.17) is 11.6 Å². The molecule has 1 N–H and O–H groups in total. The third kappa shape index (κ3) is 5.29. The maximum atomic E-state index is 12.9. The van der Waals surface area contributed by atoms with Crippen molar-refractivity contribution in [2.45, 2.75) is 30.1 Å². The second-order valence-corrected chi connectivity index (χ2v) is 12.1. The van der Waals surface area contributed by atoms with Crippen molar-refractivity contribution in [3.63, 3.8) is 0 Å². The molecular formula is C24H26ClN3O5S2. The molecule has 2 aromatic carbocycles. The van der Waals surface area contributed by atoms with Gasteiger partial charge in [0, 0.05) is 43.5 Å². The molecule has 0 radical (unpaired) electrons. The molecule has 0 bridgehead atoms. The van der Waals surface area contributed by atoms with E-state index in [0.717, 1.165) is 15.6 Å². The predicted octanol–water partition coefficient (Wildman–Crippen LogP) is 3.69. The van der Waals surface area contributed by atoms with Gasteiger partial charge in [0.15, 0.2) is 14.6 Å². The first kappa shape index (κ1) is 25.4. The standard InChI is InChI=1S/C24H26ClN3O5S2/c1-26-24-27(2)21(23(30)31)22(34-24)15-7-10-28(11-8-15)20(29)9-12-35(32,33)19-6-4-16-13-18(25)5-3-17(16)14-19/h3-6,13-15H,7-12H2,1-2H3,(H,30,31). The number of sulfone groups is 1. The maximum Gasteiger partial charge on any atom is 0.353 e. The highest BCUT2D eigenvalue weighted by atomic mass is 35.5. The zero-order valence-electron chi connectivity index (χ0n) is 19.4. The molecule has 8 nitrogen and oxygen atoms in total. The Bertz CT molecular complexity index is 1470. The second kappa shape index (κ2) is 10.1. The summed E-state index contributed by atoms with van der Waals surface area (Å²) in [5.74, 6) is -1.45. The van der Waals surface area contributed by atoms with Gasteiger partial charge in [-0.2, -0.15) is 0 Å². The molecule has 35 heavy (non-hydrogen) atoms. The number of aromatic carboxylic acids is 1. The molecular weight excluding hydrogens is 510 g/mol. The molecule has 186 valence electrons. The molecule has 3 aromatic rings. The number of likely N-dealkylation sites (tertiary alicyclic amines) is 1. The van der Waals surface area contributed by atoms with Crippen LogP contribution in [0.2, 0.25) is 5.02 Å². The number of halogens is 1. The molecule has 1 aromatic heterocycles. The number of carboxylic acid groups (broad SMARTS) is 1. The van der Waals surface area contributed by atoms with Crippen LogP contribution in [0.5, 0.6) is 0 Å². The van der Waals surface area contributed by atoms with E-state index in [2.05, 4.69) is 4.99 Å². The summed E-state index contributed by atoms with van der Waals surface area (Å²) >= 11 is 7.36. The van der Waals surface area contributed by atoms with Crippen molar-refractivity contribution in [1.29, 1.82) is 0 Å². The average molecular weight is 536 g/mol. The smallest absolute Gasteiger partial charge is 0.353 e. The number of amides is 1. The highest BCUT2D eigenvalue weighted by Gasteiger charge is 2.30. The summed E-state index contributed by atoms with van der Waals surface area (Å²) in [6, 6.07) is 10.1. The number of thiazole rings is 1. The number of carbonyl (C=O) groups is 2. The molecule has 1 amide bonds. The Balaban J connectivity index is 1.39. The molecule has 0 unspecified atom stereocenters. The van der Waals surface area contributed by atoms with Gasteiger partial charge in [-0.1, -0.05) is 23.7 Å². The Morgan fingerprint density at radius 1 is 1.14 bits per heavy atom. The van der Waals surface area contributed by atoms with Gasteiger partial charge >= 0.3 is 5.97 Å². The van der Waals surface area contributed by atoms with Crippen LogP contribution in [0.4, 0.5) is 0 Å². The SMILES string of the molecule is CN=c1sc(C2CCN(C(=O)CCS(=O)(=O)c3ccc4cc(Cl)ccc4c3)CC2)c(C(=O)O)n1C. The van der Waals surface area contributed by atoms with Crippen LogP contribution in [-0.4, -0.2) is 60.8 Å². The molecule has 4 rings (SSSR count). The first-order valence-electron chi connectivity index (χ1n) is 11.2. The van der Waals surface area contributed by atoms with E-state index in [1.807, 2.05) is 0 Å². The van der Waals surface area contributed by atoms with Gasteiger partial charge in [0.25, 0.3) is 0 Å².